The van der Waals surface area contributed by atoms with E-state index in [2.05, 4.69) is 42.6 Å². The molecule has 35 heavy (non-hydrogen) atoms. The Morgan fingerprint density at radius 2 is 1.86 bits per heavy atom. The summed E-state index contributed by atoms with van der Waals surface area (Å²) in [5.74, 6) is -0.407. The van der Waals surface area contributed by atoms with Gasteiger partial charge in [0, 0.05) is 41.6 Å². The van der Waals surface area contributed by atoms with E-state index in [1.165, 1.54) is 35.6 Å². The third kappa shape index (κ3) is 7.49. The number of halogens is 3. The summed E-state index contributed by atoms with van der Waals surface area (Å²) in [6.07, 6.45) is 2.57. The second kappa shape index (κ2) is 12.0. The molecule has 1 fully saturated rings. The van der Waals surface area contributed by atoms with Gasteiger partial charge in [-0.3, -0.25) is 4.79 Å². The minimum atomic E-state index is -4.45. The topological polar surface area (TPSA) is 35.6 Å². The average Bonchev–Trinajstić information content (AvgIpc) is 3.25. The van der Waals surface area contributed by atoms with Crippen LogP contribution in [0.2, 0.25) is 0 Å². The first-order valence-corrected chi connectivity index (χ1v) is 13.1. The number of thioether (sulfide) groups is 1. The highest BCUT2D eigenvalue weighted by molar-refractivity contribution is 8.04. The van der Waals surface area contributed by atoms with Crippen molar-refractivity contribution >= 4 is 46.8 Å². The second-order valence-corrected chi connectivity index (χ2v) is 10.4. The third-order valence-corrected chi connectivity index (χ3v) is 7.29. The Morgan fingerprint density at radius 3 is 2.51 bits per heavy atom. The SMILES string of the molecule is C=C(/C=C/c1csc(/C=C2\Sc3ccc(C(F)(F)F)cc3NC2=O)c1)N1CCN(C)CC1.CCC. The number of rotatable bonds is 4. The summed E-state index contributed by atoms with van der Waals surface area (Å²) in [5.41, 5.74) is 1.39. The molecular formula is C26H30F3N3OS2. The standard InChI is InChI=1S/C23H22F3N3OS2.C3H8/c1-15(29-9-7-28(2)8-10-29)3-4-16-11-18(31-14-16)13-21-22(30)27-19-12-17(23(24,25)26)5-6-20(19)32-21;1-3-2/h3-6,11-14H,1,7-10H2,2H3,(H,27,30);3H2,1-2H3/b4-3+,21-13-;. The molecule has 0 spiro atoms. The van der Waals surface area contributed by atoms with Gasteiger partial charge in [-0.05, 0) is 54.4 Å². The van der Waals surface area contributed by atoms with Crippen LogP contribution in [0.1, 0.15) is 36.3 Å². The van der Waals surface area contributed by atoms with Gasteiger partial charge in [-0.15, -0.1) is 11.3 Å². The largest absolute Gasteiger partial charge is 0.416 e. The number of amides is 1. The van der Waals surface area contributed by atoms with Gasteiger partial charge >= 0.3 is 6.18 Å². The molecule has 188 valence electrons. The van der Waals surface area contributed by atoms with Crippen molar-refractivity contribution in [3.8, 4) is 0 Å². The van der Waals surface area contributed by atoms with Crippen LogP contribution in [-0.2, 0) is 11.0 Å². The molecule has 2 aromatic rings. The number of hydrogen-bond acceptors (Lipinski definition) is 5. The Bertz CT molecular complexity index is 1110. The van der Waals surface area contributed by atoms with Crippen LogP contribution < -0.4 is 5.32 Å². The number of nitrogens with zero attached hydrogens (tertiary/aromatic N) is 2. The molecule has 0 aliphatic carbocycles. The van der Waals surface area contributed by atoms with E-state index in [-0.39, 0.29) is 5.69 Å². The molecule has 4 rings (SSSR count). The van der Waals surface area contributed by atoms with Crippen LogP contribution in [0.5, 0.6) is 0 Å². The Balaban J connectivity index is 0.00000108. The fourth-order valence-corrected chi connectivity index (χ4v) is 5.19. The fourth-order valence-electron chi connectivity index (χ4n) is 3.39. The number of fused-ring (bicyclic) bond motifs is 1. The van der Waals surface area contributed by atoms with Gasteiger partial charge in [-0.25, -0.2) is 0 Å². The van der Waals surface area contributed by atoms with Crippen molar-refractivity contribution < 1.29 is 18.0 Å². The quantitative estimate of drug-likeness (QED) is 0.346. The van der Waals surface area contributed by atoms with Gasteiger partial charge < -0.3 is 15.1 Å². The molecule has 2 aliphatic heterocycles. The van der Waals surface area contributed by atoms with E-state index in [9.17, 15) is 18.0 Å². The number of benzene rings is 1. The van der Waals surface area contributed by atoms with Crippen LogP contribution in [0.3, 0.4) is 0 Å². The number of likely N-dealkylation sites (N-methyl/N-ethyl adjacent to an activating group) is 1. The van der Waals surface area contributed by atoms with Gasteiger partial charge in [0.25, 0.3) is 5.91 Å². The molecule has 1 aromatic carbocycles. The van der Waals surface area contributed by atoms with Gasteiger partial charge in [-0.2, -0.15) is 13.2 Å². The summed E-state index contributed by atoms with van der Waals surface area (Å²) < 4.78 is 38.7. The zero-order valence-corrected chi connectivity index (χ0v) is 21.7. The molecule has 1 amide bonds. The Hall–Kier alpha value is -2.49. The van der Waals surface area contributed by atoms with Crippen LogP contribution in [0, 0.1) is 0 Å². The number of carbonyl (C=O) groups is 1. The van der Waals surface area contributed by atoms with Crippen molar-refractivity contribution in [3.05, 3.63) is 68.9 Å². The highest BCUT2D eigenvalue weighted by atomic mass is 32.2. The van der Waals surface area contributed by atoms with Crippen LogP contribution in [-0.4, -0.2) is 48.9 Å². The normalized spacial score (nSPS) is 17.7. The first-order chi connectivity index (χ1) is 16.6. The van der Waals surface area contributed by atoms with E-state index in [4.69, 9.17) is 0 Å². The summed E-state index contributed by atoms with van der Waals surface area (Å²) in [6.45, 7) is 12.4. The predicted molar refractivity (Wildman–Crippen MR) is 141 cm³/mol. The summed E-state index contributed by atoms with van der Waals surface area (Å²) in [4.78, 5) is 18.9. The molecule has 4 nitrogen and oxygen atoms in total. The molecule has 2 aliphatic rings. The number of alkyl halides is 3. The molecule has 0 unspecified atom stereocenters. The molecule has 3 heterocycles. The van der Waals surface area contributed by atoms with Gasteiger partial charge in [0.05, 0.1) is 16.2 Å². The number of allylic oxidation sites excluding steroid dienone is 1. The molecule has 1 saturated heterocycles. The average molecular weight is 522 g/mol. The van der Waals surface area contributed by atoms with Gasteiger partial charge in [0.15, 0.2) is 0 Å². The number of nitrogens with one attached hydrogen (secondary N) is 1. The molecule has 0 bridgehead atoms. The zero-order chi connectivity index (χ0) is 25.6. The second-order valence-electron chi connectivity index (χ2n) is 8.38. The van der Waals surface area contributed by atoms with Gasteiger partial charge in [0.2, 0.25) is 0 Å². The molecule has 0 atom stereocenters. The van der Waals surface area contributed by atoms with Crippen molar-refractivity contribution in [1.82, 2.24) is 9.80 Å². The van der Waals surface area contributed by atoms with Crippen molar-refractivity contribution in [3.63, 3.8) is 0 Å². The van der Waals surface area contributed by atoms with Crippen molar-refractivity contribution in [1.29, 1.82) is 0 Å². The molecule has 9 heteroatoms. The number of piperazine rings is 1. The molecular weight excluding hydrogens is 491 g/mol. The highest BCUT2D eigenvalue weighted by Crippen LogP contribution is 2.42. The number of thiophene rings is 1. The molecule has 0 radical (unpaired) electrons. The number of anilines is 1. The first kappa shape index (κ1) is 27.1. The van der Waals surface area contributed by atoms with Gasteiger partial charge in [0.1, 0.15) is 0 Å². The molecule has 0 saturated carbocycles. The van der Waals surface area contributed by atoms with Crippen LogP contribution in [0.15, 0.2) is 57.8 Å². The molecule has 1 aromatic heterocycles. The Labute approximate surface area is 213 Å². The minimum absolute atomic E-state index is 0.184. The van der Waals surface area contributed by atoms with Crippen molar-refractivity contribution in [2.24, 2.45) is 0 Å². The minimum Gasteiger partial charge on any atom is -0.369 e. The van der Waals surface area contributed by atoms with Gasteiger partial charge in [-0.1, -0.05) is 44.7 Å². The lowest BCUT2D eigenvalue weighted by Gasteiger charge is -2.34. The summed E-state index contributed by atoms with van der Waals surface area (Å²) in [5, 5.41) is 4.57. The maximum absolute atomic E-state index is 12.9. The fraction of sp³-hybridized carbons (Fsp3) is 0.346. The number of carbonyl (C=O) groups excluding carboxylic acids is 1. The lowest BCUT2D eigenvalue weighted by atomic mass is 10.2. The zero-order valence-electron chi connectivity index (χ0n) is 20.1. The van der Waals surface area contributed by atoms with E-state index >= 15 is 0 Å². The smallest absolute Gasteiger partial charge is 0.369 e. The van der Waals surface area contributed by atoms with Crippen molar-refractivity contribution in [2.75, 3.05) is 38.5 Å². The van der Waals surface area contributed by atoms with E-state index in [0.29, 0.717) is 9.80 Å². The Kier molecular flexibility index (Phi) is 9.27. The lowest BCUT2D eigenvalue weighted by Crippen LogP contribution is -2.43. The maximum Gasteiger partial charge on any atom is 0.416 e. The van der Waals surface area contributed by atoms with E-state index in [0.717, 1.165) is 54.4 Å². The van der Waals surface area contributed by atoms with E-state index < -0.39 is 17.6 Å². The van der Waals surface area contributed by atoms with Crippen LogP contribution in [0.25, 0.3) is 12.2 Å². The summed E-state index contributed by atoms with van der Waals surface area (Å²) in [6, 6.07) is 5.37. The summed E-state index contributed by atoms with van der Waals surface area (Å²) in [7, 11) is 2.11. The Morgan fingerprint density at radius 1 is 1.17 bits per heavy atom. The van der Waals surface area contributed by atoms with E-state index in [1.807, 2.05) is 23.6 Å². The lowest BCUT2D eigenvalue weighted by molar-refractivity contribution is -0.137. The highest BCUT2D eigenvalue weighted by Gasteiger charge is 2.32. The monoisotopic (exact) mass is 521 g/mol. The third-order valence-electron chi connectivity index (χ3n) is 5.29. The molecule has 1 N–H and O–H groups in total. The van der Waals surface area contributed by atoms with Crippen LogP contribution in [0.4, 0.5) is 18.9 Å². The first-order valence-electron chi connectivity index (χ1n) is 11.4. The number of hydrogen-bond donors (Lipinski definition) is 1. The van der Waals surface area contributed by atoms with Crippen molar-refractivity contribution in [2.45, 2.75) is 31.3 Å². The predicted octanol–water partition coefficient (Wildman–Crippen LogP) is 7.04. The van der Waals surface area contributed by atoms with E-state index in [1.54, 1.807) is 6.08 Å². The van der Waals surface area contributed by atoms with Crippen LogP contribution >= 0.6 is 23.1 Å². The summed E-state index contributed by atoms with van der Waals surface area (Å²) >= 11 is 2.67. The maximum atomic E-state index is 12.9.